The largest absolute Gasteiger partial charge is 0.507 e. The first-order chi connectivity index (χ1) is 12.6. The van der Waals surface area contributed by atoms with Gasteiger partial charge in [0.05, 0.1) is 17.8 Å². The van der Waals surface area contributed by atoms with Crippen LogP contribution in [-0.4, -0.2) is 39.1 Å². The van der Waals surface area contributed by atoms with Crippen molar-refractivity contribution in [2.45, 2.75) is 64.0 Å². The topological polar surface area (TPSA) is 69.5 Å². The number of aromatic nitrogens is 2. The predicted octanol–water partition coefficient (Wildman–Crippen LogP) is 2.92. The summed E-state index contributed by atoms with van der Waals surface area (Å²) in [4.78, 5) is 2.25. The SMILES string of the molecule is Cc1cc2c(c(O)c1-c1cc3c(nn1)N([C@@H]1CCCC[C@H]1O)CC3)CC2. The summed E-state index contributed by atoms with van der Waals surface area (Å²) in [7, 11) is 0. The van der Waals surface area contributed by atoms with Crippen molar-refractivity contribution in [3.8, 4) is 17.0 Å². The zero-order chi connectivity index (χ0) is 17.8. The molecule has 0 bridgehead atoms. The molecule has 0 radical (unpaired) electrons. The first-order valence-electron chi connectivity index (χ1n) is 9.79. The molecule has 2 heterocycles. The summed E-state index contributed by atoms with van der Waals surface area (Å²) in [5, 5.41) is 30.1. The van der Waals surface area contributed by atoms with Gasteiger partial charge >= 0.3 is 0 Å². The van der Waals surface area contributed by atoms with E-state index in [-0.39, 0.29) is 12.1 Å². The maximum Gasteiger partial charge on any atom is 0.154 e. The second-order valence-electron chi connectivity index (χ2n) is 8.00. The quantitative estimate of drug-likeness (QED) is 0.871. The minimum atomic E-state index is -0.268. The molecule has 136 valence electrons. The Labute approximate surface area is 153 Å². The molecule has 2 aromatic rings. The molecular formula is C21H25N3O2. The van der Waals surface area contributed by atoms with E-state index in [1.807, 2.05) is 6.92 Å². The molecular weight excluding hydrogens is 326 g/mol. The molecule has 5 heteroatoms. The van der Waals surface area contributed by atoms with Crippen molar-refractivity contribution in [2.24, 2.45) is 0 Å². The van der Waals surface area contributed by atoms with E-state index in [0.717, 1.165) is 73.3 Å². The average Bonchev–Trinajstić information content (AvgIpc) is 3.01. The summed E-state index contributed by atoms with van der Waals surface area (Å²) in [5.74, 6) is 1.30. The smallest absolute Gasteiger partial charge is 0.154 e. The zero-order valence-electron chi connectivity index (χ0n) is 15.2. The monoisotopic (exact) mass is 351 g/mol. The third-order valence-corrected chi connectivity index (χ3v) is 6.43. The number of aromatic hydroxyl groups is 1. The van der Waals surface area contributed by atoms with E-state index in [1.165, 1.54) is 17.5 Å². The lowest BCUT2D eigenvalue weighted by Gasteiger charge is -2.36. The van der Waals surface area contributed by atoms with Gasteiger partial charge < -0.3 is 15.1 Å². The highest BCUT2D eigenvalue weighted by atomic mass is 16.3. The van der Waals surface area contributed by atoms with Crippen LogP contribution in [0.2, 0.25) is 0 Å². The summed E-state index contributed by atoms with van der Waals surface area (Å²) in [6.07, 6.45) is 6.83. The molecule has 1 aliphatic heterocycles. The minimum absolute atomic E-state index is 0.164. The van der Waals surface area contributed by atoms with Gasteiger partial charge in [0, 0.05) is 17.7 Å². The van der Waals surface area contributed by atoms with Crippen LogP contribution in [0.25, 0.3) is 11.3 Å². The zero-order valence-corrected chi connectivity index (χ0v) is 15.2. The van der Waals surface area contributed by atoms with Gasteiger partial charge in [-0.05, 0) is 61.8 Å². The molecule has 2 N–H and O–H groups in total. The molecule has 0 saturated heterocycles. The molecule has 1 saturated carbocycles. The van der Waals surface area contributed by atoms with Gasteiger partial charge in [-0.3, -0.25) is 0 Å². The molecule has 3 aliphatic rings. The number of aryl methyl sites for hydroxylation is 2. The molecule has 5 rings (SSSR count). The van der Waals surface area contributed by atoms with Crippen LogP contribution in [-0.2, 0) is 19.3 Å². The summed E-state index contributed by atoms with van der Waals surface area (Å²) >= 11 is 0. The van der Waals surface area contributed by atoms with Crippen LogP contribution in [0.3, 0.4) is 0 Å². The van der Waals surface area contributed by atoms with E-state index < -0.39 is 0 Å². The number of phenolic OH excluding ortho intramolecular Hbond substituents is 1. The van der Waals surface area contributed by atoms with Gasteiger partial charge in [0.2, 0.25) is 0 Å². The van der Waals surface area contributed by atoms with Gasteiger partial charge in [-0.15, -0.1) is 10.2 Å². The number of fused-ring (bicyclic) bond motifs is 2. The fraction of sp³-hybridized carbons (Fsp3) is 0.524. The molecule has 0 spiro atoms. The molecule has 2 atom stereocenters. The number of aliphatic hydroxyl groups is 1. The van der Waals surface area contributed by atoms with Crippen molar-refractivity contribution < 1.29 is 10.2 Å². The first kappa shape index (κ1) is 16.1. The first-order valence-corrected chi connectivity index (χ1v) is 9.79. The number of rotatable bonds is 2. The molecule has 1 fully saturated rings. The lowest BCUT2D eigenvalue weighted by Crippen LogP contribution is -2.45. The molecule has 0 unspecified atom stereocenters. The molecule has 5 nitrogen and oxygen atoms in total. The van der Waals surface area contributed by atoms with E-state index in [9.17, 15) is 10.2 Å². The Kier molecular flexibility index (Phi) is 3.67. The second-order valence-corrected chi connectivity index (χ2v) is 8.00. The van der Waals surface area contributed by atoms with Gasteiger partial charge in [-0.1, -0.05) is 18.9 Å². The molecule has 2 aliphatic carbocycles. The van der Waals surface area contributed by atoms with Crippen LogP contribution < -0.4 is 4.90 Å². The van der Waals surface area contributed by atoms with Crippen molar-refractivity contribution in [3.63, 3.8) is 0 Å². The number of hydrogen-bond donors (Lipinski definition) is 2. The van der Waals surface area contributed by atoms with E-state index in [0.29, 0.717) is 5.75 Å². The van der Waals surface area contributed by atoms with Crippen molar-refractivity contribution in [1.29, 1.82) is 0 Å². The van der Waals surface area contributed by atoms with Gasteiger partial charge in [0.25, 0.3) is 0 Å². The molecule has 1 aromatic heterocycles. The maximum atomic E-state index is 10.7. The van der Waals surface area contributed by atoms with E-state index in [1.54, 1.807) is 0 Å². The highest BCUT2D eigenvalue weighted by Crippen LogP contribution is 2.42. The Balaban J connectivity index is 1.51. The number of benzene rings is 1. The van der Waals surface area contributed by atoms with Crippen molar-refractivity contribution in [2.75, 3.05) is 11.4 Å². The fourth-order valence-corrected chi connectivity index (χ4v) is 4.92. The Morgan fingerprint density at radius 2 is 1.88 bits per heavy atom. The van der Waals surface area contributed by atoms with Crippen molar-refractivity contribution in [3.05, 3.63) is 34.4 Å². The fourth-order valence-electron chi connectivity index (χ4n) is 4.92. The summed E-state index contributed by atoms with van der Waals surface area (Å²) < 4.78 is 0. The third kappa shape index (κ3) is 2.33. The van der Waals surface area contributed by atoms with E-state index in [2.05, 4.69) is 27.2 Å². The van der Waals surface area contributed by atoms with Crippen LogP contribution in [0.4, 0.5) is 5.82 Å². The van der Waals surface area contributed by atoms with Crippen molar-refractivity contribution >= 4 is 5.82 Å². The number of phenols is 1. The third-order valence-electron chi connectivity index (χ3n) is 6.43. The molecule has 0 amide bonds. The van der Waals surface area contributed by atoms with Crippen LogP contribution in [0.1, 0.15) is 47.9 Å². The van der Waals surface area contributed by atoms with Gasteiger partial charge in [-0.25, -0.2) is 0 Å². The summed E-state index contributed by atoms with van der Waals surface area (Å²) in [6, 6.07) is 4.43. The normalized spacial score (nSPS) is 24.2. The number of anilines is 1. The summed E-state index contributed by atoms with van der Waals surface area (Å²) in [6.45, 7) is 2.93. The van der Waals surface area contributed by atoms with E-state index in [4.69, 9.17) is 0 Å². The van der Waals surface area contributed by atoms with Gasteiger partial charge in [-0.2, -0.15) is 0 Å². The second kappa shape index (κ2) is 5.95. The minimum Gasteiger partial charge on any atom is -0.507 e. The highest BCUT2D eigenvalue weighted by molar-refractivity contribution is 5.76. The molecule has 1 aromatic carbocycles. The Hall–Kier alpha value is -2.14. The van der Waals surface area contributed by atoms with Crippen LogP contribution in [0, 0.1) is 6.92 Å². The molecule has 26 heavy (non-hydrogen) atoms. The van der Waals surface area contributed by atoms with Crippen LogP contribution in [0.15, 0.2) is 12.1 Å². The number of hydrogen-bond acceptors (Lipinski definition) is 5. The lowest BCUT2D eigenvalue weighted by molar-refractivity contribution is 0.104. The predicted molar refractivity (Wildman–Crippen MR) is 101 cm³/mol. The number of aliphatic hydroxyl groups excluding tert-OH is 1. The Morgan fingerprint density at radius 1 is 1.04 bits per heavy atom. The maximum absolute atomic E-state index is 10.7. The lowest BCUT2D eigenvalue weighted by atomic mass is 9.83. The Morgan fingerprint density at radius 3 is 2.65 bits per heavy atom. The summed E-state index contributed by atoms with van der Waals surface area (Å²) in [5.41, 5.74) is 6.16. The standard InChI is InChI=1S/C21H25N3O2/c1-12-10-13-6-7-15(13)20(26)19(12)16-11-14-8-9-24(21(14)23-22-16)17-4-2-3-5-18(17)25/h10-11,17-18,25-26H,2-9H2,1H3/t17-,18-/m1/s1. The highest BCUT2D eigenvalue weighted by Gasteiger charge is 2.34. The Bertz CT molecular complexity index is 880. The van der Waals surface area contributed by atoms with Crippen LogP contribution >= 0.6 is 0 Å². The van der Waals surface area contributed by atoms with E-state index >= 15 is 0 Å². The average molecular weight is 351 g/mol. The van der Waals surface area contributed by atoms with Gasteiger partial charge in [0.15, 0.2) is 5.82 Å². The van der Waals surface area contributed by atoms with Crippen molar-refractivity contribution in [1.82, 2.24) is 10.2 Å². The van der Waals surface area contributed by atoms with Gasteiger partial charge in [0.1, 0.15) is 5.75 Å². The number of nitrogens with zero attached hydrogens (tertiary/aromatic N) is 3. The van der Waals surface area contributed by atoms with Crippen LogP contribution in [0.5, 0.6) is 5.75 Å².